The van der Waals surface area contributed by atoms with Crippen molar-refractivity contribution in [3.05, 3.63) is 11.7 Å². The van der Waals surface area contributed by atoms with Gasteiger partial charge >= 0.3 is 5.97 Å². The molecule has 1 aromatic rings. The quantitative estimate of drug-likeness (QED) is 0.554. The van der Waals surface area contributed by atoms with Gasteiger partial charge in [0.25, 0.3) is 0 Å². The van der Waals surface area contributed by atoms with Crippen molar-refractivity contribution in [3.8, 4) is 0 Å². The van der Waals surface area contributed by atoms with Crippen LogP contribution in [0.25, 0.3) is 0 Å². The number of hydrogen-bond acceptors (Lipinski definition) is 6. The molecule has 0 radical (unpaired) electrons. The second-order valence-electron chi connectivity index (χ2n) is 9.96. The fraction of sp³-hybridized carbons (Fsp3) is 0.826. The van der Waals surface area contributed by atoms with Crippen molar-refractivity contribution in [3.63, 3.8) is 0 Å². The summed E-state index contributed by atoms with van der Waals surface area (Å²) in [6.07, 6.45) is 11.9. The van der Waals surface area contributed by atoms with E-state index in [4.69, 9.17) is 9.26 Å². The summed E-state index contributed by atoms with van der Waals surface area (Å²) in [6, 6.07) is 0. The Kier molecular flexibility index (Phi) is 7.89. The molecule has 1 aromatic heterocycles. The van der Waals surface area contributed by atoms with E-state index in [9.17, 15) is 9.59 Å². The van der Waals surface area contributed by atoms with Crippen LogP contribution in [-0.4, -0.2) is 27.6 Å². The number of amides is 1. The van der Waals surface area contributed by atoms with E-state index in [1.54, 1.807) is 0 Å². The standard InChI is InChI=1S/C23H37N3O4/c1-23(2,3)29-20(27)14-18(11-7-10-16-8-5-4-6-9-16)22-25-19(26-30-22)15-24-21(28)17-12-13-17/h16-18H,4-15H2,1-3H3,(H,24,28). The molecule has 7 nitrogen and oxygen atoms in total. The van der Waals surface area contributed by atoms with Gasteiger partial charge in [-0.25, -0.2) is 0 Å². The third-order valence-electron chi connectivity index (χ3n) is 5.92. The van der Waals surface area contributed by atoms with Crippen molar-refractivity contribution in [1.82, 2.24) is 15.5 Å². The van der Waals surface area contributed by atoms with Crippen LogP contribution in [0, 0.1) is 11.8 Å². The van der Waals surface area contributed by atoms with Crippen molar-refractivity contribution < 1.29 is 18.8 Å². The third-order valence-corrected chi connectivity index (χ3v) is 5.92. The first-order chi connectivity index (χ1) is 14.3. The lowest BCUT2D eigenvalue weighted by molar-refractivity contribution is -0.155. The molecule has 1 heterocycles. The van der Waals surface area contributed by atoms with Crippen LogP contribution in [0.4, 0.5) is 0 Å². The smallest absolute Gasteiger partial charge is 0.307 e. The van der Waals surface area contributed by atoms with Gasteiger partial charge < -0.3 is 14.6 Å². The SMILES string of the molecule is CC(C)(C)OC(=O)CC(CCCC1CCCCC1)c1nc(CNC(=O)C2CC2)no1. The van der Waals surface area contributed by atoms with Gasteiger partial charge in [-0.15, -0.1) is 0 Å². The number of rotatable bonds is 10. The molecule has 2 saturated carbocycles. The molecule has 0 spiro atoms. The number of carbonyl (C=O) groups excluding carboxylic acids is 2. The van der Waals surface area contributed by atoms with Crippen LogP contribution < -0.4 is 5.32 Å². The molecule has 2 fully saturated rings. The van der Waals surface area contributed by atoms with E-state index in [0.29, 0.717) is 11.7 Å². The molecule has 0 bridgehead atoms. The average Bonchev–Trinajstić information content (AvgIpc) is 3.43. The molecule has 7 heteroatoms. The molecule has 1 amide bonds. The van der Waals surface area contributed by atoms with Gasteiger partial charge in [-0.3, -0.25) is 9.59 Å². The Morgan fingerprint density at radius 1 is 1.17 bits per heavy atom. The van der Waals surface area contributed by atoms with Crippen LogP contribution in [0.1, 0.15) is 109 Å². The topological polar surface area (TPSA) is 94.3 Å². The Balaban J connectivity index is 1.56. The minimum Gasteiger partial charge on any atom is -0.460 e. The lowest BCUT2D eigenvalue weighted by Gasteiger charge is -2.23. The monoisotopic (exact) mass is 419 g/mol. The number of aromatic nitrogens is 2. The Bertz CT molecular complexity index is 700. The third kappa shape index (κ3) is 7.73. The predicted molar refractivity (Wildman–Crippen MR) is 112 cm³/mol. The largest absolute Gasteiger partial charge is 0.460 e. The van der Waals surface area contributed by atoms with E-state index in [2.05, 4.69) is 15.5 Å². The molecule has 1 N–H and O–H groups in total. The molecule has 2 aliphatic carbocycles. The second-order valence-corrected chi connectivity index (χ2v) is 9.96. The Morgan fingerprint density at radius 2 is 1.90 bits per heavy atom. The van der Waals surface area contributed by atoms with E-state index in [0.717, 1.165) is 31.6 Å². The minimum atomic E-state index is -0.517. The Morgan fingerprint density at radius 3 is 2.57 bits per heavy atom. The highest BCUT2D eigenvalue weighted by molar-refractivity contribution is 5.80. The van der Waals surface area contributed by atoms with Gasteiger partial charge in [0.2, 0.25) is 11.8 Å². The van der Waals surface area contributed by atoms with Crippen LogP contribution >= 0.6 is 0 Å². The van der Waals surface area contributed by atoms with Crippen molar-refractivity contribution in [2.24, 2.45) is 11.8 Å². The van der Waals surface area contributed by atoms with E-state index in [-0.39, 0.29) is 36.7 Å². The van der Waals surface area contributed by atoms with Gasteiger partial charge in [-0.05, 0) is 46.0 Å². The lowest BCUT2D eigenvalue weighted by Crippen LogP contribution is -2.25. The number of nitrogens with zero attached hydrogens (tertiary/aromatic N) is 2. The van der Waals surface area contributed by atoms with E-state index in [1.807, 2.05) is 20.8 Å². The number of carbonyl (C=O) groups is 2. The minimum absolute atomic E-state index is 0.0548. The number of nitrogens with one attached hydrogen (secondary N) is 1. The maximum atomic E-state index is 12.4. The van der Waals surface area contributed by atoms with Gasteiger partial charge in [0, 0.05) is 11.8 Å². The highest BCUT2D eigenvalue weighted by atomic mass is 16.6. The Hall–Kier alpha value is -1.92. The zero-order chi connectivity index (χ0) is 21.6. The molecule has 0 aliphatic heterocycles. The highest BCUT2D eigenvalue weighted by Crippen LogP contribution is 2.32. The molecular weight excluding hydrogens is 382 g/mol. The molecule has 30 heavy (non-hydrogen) atoms. The average molecular weight is 420 g/mol. The predicted octanol–water partition coefficient (Wildman–Crippen LogP) is 4.66. The summed E-state index contributed by atoms with van der Waals surface area (Å²) in [5, 5.41) is 6.87. The first-order valence-corrected chi connectivity index (χ1v) is 11.6. The first kappa shape index (κ1) is 22.8. The summed E-state index contributed by atoms with van der Waals surface area (Å²) < 4.78 is 11.0. The van der Waals surface area contributed by atoms with Crippen molar-refractivity contribution in [2.75, 3.05) is 0 Å². The van der Waals surface area contributed by atoms with Crippen LogP contribution in [0.15, 0.2) is 4.52 Å². The normalized spacial score (nSPS) is 18.8. The van der Waals surface area contributed by atoms with Gasteiger partial charge in [0.05, 0.1) is 13.0 Å². The maximum absolute atomic E-state index is 12.4. The summed E-state index contributed by atoms with van der Waals surface area (Å²) in [4.78, 5) is 28.7. The molecule has 1 unspecified atom stereocenters. The van der Waals surface area contributed by atoms with Crippen LogP contribution in [0.3, 0.4) is 0 Å². The highest BCUT2D eigenvalue weighted by Gasteiger charge is 2.30. The van der Waals surface area contributed by atoms with Crippen LogP contribution in [0.2, 0.25) is 0 Å². The van der Waals surface area contributed by atoms with Gasteiger partial charge in [0.1, 0.15) is 5.60 Å². The molecule has 1 atom stereocenters. The van der Waals surface area contributed by atoms with E-state index in [1.165, 1.54) is 38.5 Å². The summed E-state index contributed by atoms with van der Waals surface area (Å²) in [6.45, 7) is 5.88. The van der Waals surface area contributed by atoms with Crippen molar-refractivity contribution in [2.45, 2.75) is 109 Å². The first-order valence-electron chi connectivity index (χ1n) is 11.6. The molecular formula is C23H37N3O4. The maximum Gasteiger partial charge on any atom is 0.307 e. The molecule has 168 valence electrons. The van der Waals surface area contributed by atoms with E-state index >= 15 is 0 Å². The van der Waals surface area contributed by atoms with Crippen molar-refractivity contribution in [1.29, 1.82) is 0 Å². The summed E-state index contributed by atoms with van der Waals surface area (Å²) in [5.74, 6) is 1.54. The summed E-state index contributed by atoms with van der Waals surface area (Å²) in [7, 11) is 0. The zero-order valence-electron chi connectivity index (χ0n) is 18.7. The number of hydrogen-bond donors (Lipinski definition) is 1. The fourth-order valence-corrected chi connectivity index (χ4v) is 4.19. The lowest BCUT2D eigenvalue weighted by atomic mass is 9.84. The zero-order valence-corrected chi connectivity index (χ0v) is 18.7. The van der Waals surface area contributed by atoms with Crippen LogP contribution in [0.5, 0.6) is 0 Å². The van der Waals surface area contributed by atoms with Crippen LogP contribution in [-0.2, 0) is 20.9 Å². The molecule has 0 saturated heterocycles. The summed E-state index contributed by atoms with van der Waals surface area (Å²) in [5.41, 5.74) is -0.517. The van der Waals surface area contributed by atoms with Gasteiger partial charge in [-0.2, -0.15) is 4.98 Å². The molecule has 0 aromatic carbocycles. The van der Waals surface area contributed by atoms with Gasteiger partial charge in [-0.1, -0.05) is 50.1 Å². The Labute approximate surface area is 179 Å². The number of ether oxygens (including phenoxy) is 1. The second kappa shape index (κ2) is 10.4. The fourth-order valence-electron chi connectivity index (χ4n) is 4.19. The number of esters is 1. The van der Waals surface area contributed by atoms with Crippen molar-refractivity contribution >= 4 is 11.9 Å². The summed E-state index contributed by atoms with van der Waals surface area (Å²) >= 11 is 0. The molecule has 2 aliphatic rings. The van der Waals surface area contributed by atoms with Gasteiger partial charge in [0.15, 0.2) is 5.82 Å². The van der Waals surface area contributed by atoms with E-state index < -0.39 is 5.60 Å². The molecule has 3 rings (SSSR count).